The van der Waals surface area contributed by atoms with Gasteiger partial charge in [0.1, 0.15) is 17.1 Å². The number of hydrogen-bond acceptors (Lipinski definition) is 5. The maximum Gasteiger partial charge on any atom is 0.341 e. The van der Waals surface area contributed by atoms with Crippen LogP contribution >= 0.6 is 0 Å². The van der Waals surface area contributed by atoms with Crippen LogP contribution in [0.2, 0.25) is 0 Å². The number of esters is 1. The molecule has 0 radical (unpaired) electrons. The summed E-state index contributed by atoms with van der Waals surface area (Å²) in [6.07, 6.45) is 0. The third-order valence-electron chi connectivity index (χ3n) is 2.31. The van der Waals surface area contributed by atoms with E-state index in [2.05, 4.69) is 4.74 Å². The van der Waals surface area contributed by atoms with E-state index < -0.39 is 5.97 Å². The van der Waals surface area contributed by atoms with Gasteiger partial charge in [0.25, 0.3) is 0 Å². The quantitative estimate of drug-likeness (QED) is 0.590. The predicted octanol–water partition coefficient (Wildman–Crippen LogP) is 1.69. The molecule has 0 bridgehead atoms. The van der Waals surface area contributed by atoms with Crippen molar-refractivity contribution < 1.29 is 23.8 Å². The van der Waals surface area contributed by atoms with Crippen molar-refractivity contribution in [2.24, 2.45) is 0 Å². The first-order valence-corrected chi connectivity index (χ1v) is 4.90. The van der Waals surface area contributed by atoms with Crippen LogP contribution in [0.1, 0.15) is 27.6 Å². The first-order chi connectivity index (χ1) is 8.04. The summed E-state index contributed by atoms with van der Waals surface area (Å²) in [6.45, 7) is 1.39. The average molecular weight is 238 g/mol. The highest BCUT2D eigenvalue weighted by Gasteiger charge is 2.19. The molecule has 0 aliphatic heterocycles. The van der Waals surface area contributed by atoms with Gasteiger partial charge in [-0.05, 0) is 13.0 Å². The number of ether oxygens (including phenoxy) is 3. The van der Waals surface area contributed by atoms with Gasteiger partial charge in [0.2, 0.25) is 0 Å². The summed E-state index contributed by atoms with van der Waals surface area (Å²) >= 11 is 0. The van der Waals surface area contributed by atoms with E-state index >= 15 is 0 Å². The molecule has 0 N–H and O–H groups in total. The van der Waals surface area contributed by atoms with Gasteiger partial charge in [-0.1, -0.05) is 0 Å². The van der Waals surface area contributed by atoms with Crippen LogP contribution < -0.4 is 9.47 Å². The lowest BCUT2D eigenvalue weighted by molar-refractivity contribution is 0.0597. The maximum atomic E-state index is 11.5. The summed E-state index contributed by atoms with van der Waals surface area (Å²) in [6, 6.07) is 2.90. The molecule has 5 nitrogen and oxygen atoms in total. The predicted molar refractivity (Wildman–Crippen MR) is 60.9 cm³/mol. The number of methoxy groups -OCH3 is 3. The van der Waals surface area contributed by atoms with Crippen molar-refractivity contribution in [3.63, 3.8) is 0 Å². The van der Waals surface area contributed by atoms with Crippen molar-refractivity contribution >= 4 is 11.8 Å². The van der Waals surface area contributed by atoms with E-state index in [1.54, 1.807) is 0 Å². The largest absolute Gasteiger partial charge is 0.496 e. The molecular formula is C12H14O5. The normalized spacial score (nSPS) is 9.65. The highest BCUT2D eigenvalue weighted by Crippen LogP contribution is 2.29. The zero-order chi connectivity index (χ0) is 13.0. The number of ketones is 1. The minimum atomic E-state index is -0.563. The monoisotopic (exact) mass is 238 g/mol. The Kier molecular flexibility index (Phi) is 4.09. The minimum Gasteiger partial charge on any atom is -0.496 e. The number of rotatable bonds is 4. The molecule has 0 amide bonds. The van der Waals surface area contributed by atoms with Gasteiger partial charge in [-0.15, -0.1) is 0 Å². The van der Waals surface area contributed by atoms with Gasteiger partial charge in [-0.3, -0.25) is 4.79 Å². The van der Waals surface area contributed by atoms with Crippen LogP contribution in [0.15, 0.2) is 12.1 Å². The fourth-order valence-electron chi connectivity index (χ4n) is 1.44. The molecule has 0 aromatic heterocycles. The summed E-state index contributed by atoms with van der Waals surface area (Å²) < 4.78 is 14.7. The Morgan fingerprint density at radius 2 is 1.47 bits per heavy atom. The average Bonchev–Trinajstić information content (AvgIpc) is 2.35. The maximum absolute atomic E-state index is 11.5. The van der Waals surface area contributed by atoms with E-state index in [1.165, 1.54) is 40.4 Å². The molecule has 92 valence electrons. The Bertz CT molecular complexity index is 450. The van der Waals surface area contributed by atoms with Crippen molar-refractivity contribution in [3.8, 4) is 11.5 Å². The summed E-state index contributed by atoms with van der Waals surface area (Å²) in [7, 11) is 4.13. The fraction of sp³-hybridized carbons (Fsp3) is 0.333. The van der Waals surface area contributed by atoms with Crippen molar-refractivity contribution in [1.82, 2.24) is 0 Å². The second-order valence-corrected chi connectivity index (χ2v) is 3.30. The fourth-order valence-corrected chi connectivity index (χ4v) is 1.44. The molecule has 0 fully saturated rings. The van der Waals surface area contributed by atoms with E-state index in [-0.39, 0.29) is 11.3 Å². The van der Waals surface area contributed by atoms with E-state index in [0.29, 0.717) is 17.1 Å². The summed E-state index contributed by atoms with van der Waals surface area (Å²) in [4.78, 5) is 22.9. The van der Waals surface area contributed by atoms with E-state index in [1.807, 2.05) is 0 Å². The molecule has 0 spiro atoms. The Hall–Kier alpha value is -2.04. The van der Waals surface area contributed by atoms with Gasteiger partial charge in [-0.25, -0.2) is 4.79 Å². The van der Waals surface area contributed by atoms with Crippen LogP contribution in [0.5, 0.6) is 11.5 Å². The van der Waals surface area contributed by atoms with Crippen molar-refractivity contribution in [2.75, 3.05) is 21.3 Å². The lowest BCUT2D eigenvalue weighted by Gasteiger charge is -2.12. The third-order valence-corrected chi connectivity index (χ3v) is 2.31. The number of carbonyl (C=O) groups excluding carboxylic acids is 2. The van der Waals surface area contributed by atoms with Crippen LogP contribution in [-0.2, 0) is 4.74 Å². The van der Waals surface area contributed by atoms with Crippen LogP contribution in [0.25, 0.3) is 0 Å². The number of hydrogen-bond donors (Lipinski definition) is 0. The highest BCUT2D eigenvalue weighted by atomic mass is 16.5. The van der Waals surface area contributed by atoms with E-state index in [0.717, 1.165) is 0 Å². The van der Waals surface area contributed by atoms with Gasteiger partial charge >= 0.3 is 5.97 Å². The second-order valence-electron chi connectivity index (χ2n) is 3.30. The molecule has 0 aliphatic rings. The lowest BCUT2D eigenvalue weighted by atomic mass is 10.1. The van der Waals surface area contributed by atoms with Crippen LogP contribution in [0.3, 0.4) is 0 Å². The van der Waals surface area contributed by atoms with Crippen LogP contribution in [0, 0.1) is 0 Å². The SMILES string of the molecule is COC(=O)c1cc(C(C)=O)c(OC)cc1OC. The molecule has 0 unspecified atom stereocenters. The lowest BCUT2D eigenvalue weighted by Crippen LogP contribution is -2.07. The Labute approximate surface area is 99.3 Å². The first-order valence-electron chi connectivity index (χ1n) is 4.90. The Morgan fingerprint density at radius 1 is 0.941 bits per heavy atom. The second kappa shape index (κ2) is 5.34. The van der Waals surface area contributed by atoms with Gasteiger partial charge in [0, 0.05) is 6.07 Å². The molecule has 0 atom stereocenters. The highest BCUT2D eigenvalue weighted by molar-refractivity contribution is 6.01. The van der Waals surface area contributed by atoms with Gasteiger partial charge in [-0.2, -0.15) is 0 Å². The summed E-state index contributed by atoms with van der Waals surface area (Å²) in [5, 5.41) is 0. The van der Waals surface area contributed by atoms with Crippen LogP contribution in [-0.4, -0.2) is 33.1 Å². The van der Waals surface area contributed by atoms with Gasteiger partial charge < -0.3 is 14.2 Å². The zero-order valence-electron chi connectivity index (χ0n) is 10.2. The molecule has 5 heteroatoms. The van der Waals surface area contributed by atoms with Crippen molar-refractivity contribution in [2.45, 2.75) is 6.92 Å². The van der Waals surface area contributed by atoms with Gasteiger partial charge in [0.15, 0.2) is 5.78 Å². The summed E-state index contributed by atoms with van der Waals surface area (Å²) in [5.74, 6) is -0.0950. The van der Waals surface area contributed by atoms with E-state index in [9.17, 15) is 9.59 Å². The molecule has 1 aromatic rings. The number of Topliss-reactive ketones (excluding diaryl/α,β-unsaturated/α-hetero) is 1. The molecule has 1 aromatic carbocycles. The third kappa shape index (κ3) is 2.55. The number of benzene rings is 1. The molecule has 0 heterocycles. The standard InChI is InChI=1S/C12H14O5/c1-7(13)8-5-9(12(14)17-4)11(16-3)6-10(8)15-2/h5-6H,1-4H3. The minimum absolute atomic E-state index is 0.195. The smallest absolute Gasteiger partial charge is 0.341 e. The Morgan fingerprint density at radius 3 is 1.88 bits per heavy atom. The molecule has 17 heavy (non-hydrogen) atoms. The number of carbonyl (C=O) groups is 2. The molecular weight excluding hydrogens is 224 g/mol. The van der Waals surface area contributed by atoms with E-state index in [4.69, 9.17) is 9.47 Å². The van der Waals surface area contributed by atoms with Gasteiger partial charge in [0.05, 0.1) is 26.9 Å². The molecule has 1 rings (SSSR count). The van der Waals surface area contributed by atoms with Crippen molar-refractivity contribution in [3.05, 3.63) is 23.3 Å². The molecule has 0 aliphatic carbocycles. The first kappa shape index (κ1) is 13.0. The Balaban J connectivity index is 3.44. The zero-order valence-corrected chi connectivity index (χ0v) is 10.2. The van der Waals surface area contributed by atoms with Crippen LogP contribution in [0.4, 0.5) is 0 Å². The molecule has 0 saturated carbocycles. The topological polar surface area (TPSA) is 61.8 Å². The molecule has 0 saturated heterocycles. The summed E-state index contributed by atoms with van der Waals surface area (Å²) in [5.41, 5.74) is 0.509. The van der Waals surface area contributed by atoms with Crippen molar-refractivity contribution in [1.29, 1.82) is 0 Å².